The van der Waals surface area contributed by atoms with Crippen molar-refractivity contribution in [3.63, 3.8) is 0 Å². The number of rotatable bonds is 41. The summed E-state index contributed by atoms with van der Waals surface area (Å²) in [7, 11) is 2.83. The quantitative estimate of drug-likeness (QED) is 0.00676. The van der Waals surface area contributed by atoms with E-state index in [-0.39, 0.29) is 76.7 Å². The Balaban J connectivity index is 4.45. The molecule has 17 atom stereocenters. The second kappa shape index (κ2) is 46.3. The highest BCUT2D eigenvalue weighted by atomic mass is 16.2. The van der Waals surface area contributed by atoms with E-state index in [2.05, 4.69) is 81.0 Å². The molecule has 0 saturated heterocycles. The third-order valence-electron chi connectivity index (χ3n) is 18.3. The third kappa shape index (κ3) is 31.5. The average molecular weight is 1490 g/mol. The van der Waals surface area contributed by atoms with Gasteiger partial charge in [-0.15, -0.1) is 0 Å². The molecule has 26 N–H and O–H groups in total. The van der Waals surface area contributed by atoms with Gasteiger partial charge in [0.25, 0.3) is 23.6 Å². The van der Waals surface area contributed by atoms with Gasteiger partial charge in [-0.2, -0.15) is 0 Å². The Hall–Kier alpha value is -8.69. The summed E-state index contributed by atoms with van der Waals surface area (Å²) in [6, 6.07) is -20.3. The monoisotopic (exact) mass is 1490 g/mol. The minimum Gasteiger partial charge on any atom is -0.368 e. The maximum atomic E-state index is 15.4. The van der Waals surface area contributed by atoms with Gasteiger partial charge in [-0.25, -0.2) is 0 Å². The lowest BCUT2D eigenvalue weighted by Gasteiger charge is -2.34. The highest BCUT2D eigenvalue weighted by molar-refractivity contribution is 6.14. The number of hydrogen-bond acceptors (Lipinski definition) is 26. The van der Waals surface area contributed by atoms with Crippen molar-refractivity contribution in [3.05, 3.63) is 24.8 Å². The maximum Gasteiger partial charge on any atom is 0.258 e. The molecule has 0 aromatic rings. The van der Waals surface area contributed by atoms with Gasteiger partial charge in [0.05, 0.1) is 36.3 Å². The lowest BCUT2D eigenvalue weighted by Crippen LogP contribution is -2.68. The number of carbonyl (C=O) groups excluding carboxylic acids is 17. The molecule has 37 nitrogen and oxygen atoms in total. The predicted molar refractivity (Wildman–Crippen MR) is 388 cm³/mol. The Kier molecular flexibility index (Phi) is 41.6. The molecular weight excluding hydrogens is 1370 g/mol. The van der Waals surface area contributed by atoms with Crippen molar-refractivity contribution in [2.75, 3.05) is 27.2 Å². The van der Waals surface area contributed by atoms with Crippen LogP contribution < -0.4 is 109 Å². The zero-order valence-electron chi connectivity index (χ0n) is 62.8. The standard InChI is InChI=1S/C68H118N20O17/c1-15-35(6)48(70)54(95)51(79-39(10)90)60(100)82-44(32-78-47(93)17-3)58(98)84-52(55(96)49(71)36(7)16-2)61(101)81-43(31-46(92)38(9)76-14)59(99)87-68(12)27-23-21-19-18-20-22-26-67(11,64(72)104)88-62(102)50(53(94)41(69)25-24-28-77-66(73)74)85-63(103)56(80-40(33-89)29-34(4)5)86-57(97)42(83-65(68)105)30-45(91)37(8)75-13/h17-19,33-38,40-44,48-52,56,66,75-77,80H,3,15-16,20-32,69-71,73-74H2,1-2,4-14H3,(H2,72,104)(H,78,93)(H,79,90)(H,81,101)(H,82,100)(H,83,105)(H,84,98)(H,85,103)(H,86,97)(H,87,99)(H,88,102)/b19-18-/t35-,36-,37-,38-,40-,41-,42?,43?,44-,48?,49?,50?,51?,52?,56?,67-,68-/m0/s1. The van der Waals surface area contributed by atoms with Gasteiger partial charge >= 0.3 is 0 Å². The molecule has 1 aliphatic heterocycles. The number of nitrogens with two attached hydrogens (primary N) is 6. The van der Waals surface area contributed by atoms with Crippen LogP contribution in [-0.2, 0) is 81.5 Å². The number of nitrogens with one attached hydrogen (secondary N) is 14. The first-order valence-corrected chi connectivity index (χ1v) is 35.4. The lowest BCUT2D eigenvalue weighted by molar-refractivity contribution is -0.142. The fraction of sp³-hybridized carbons (Fsp3) is 0.691. The van der Waals surface area contributed by atoms with Gasteiger partial charge in [0.1, 0.15) is 41.8 Å². The number of primary amides is 1. The third-order valence-corrected chi connectivity index (χ3v) is 18.3. The van der Waals surface area contributed by atoms with E-state index in [9.17, 15) is 62.3 Å². The van der Waals surface area contributed by atoms with Crippen molar-refractivity contribution >= 4 is 100 Å². The van der Waals surface area contributed by atoms with E-state index in [1.54, 1.807) is 53.7 Å². The molecule has 11 amide bonds. The van der Waals surface area contributed by atoms with Gasteiger partial charge in [0.15, 0.2) is 53.2 Å². The SMILES string of the molecule is C=CC(=O)NC[C@H](NC(=O)C(NC(C)=O)C(=O)C(N)[C@@H](C)CC)C(=O)NC(C(=O)NC(CC(=O)[C@H](C)NC)C(=O)N[C@@]1(C)CCC/C=C\CCC[C@@](C)(C(N)=O)NC(=O)C(C(=O)[C@@H](N)CCCNC(N)N)NC(=O)C(N[C@H](C=O)CC(C)C)NC(=O)C(CC(=O)[C@H](C)NC)NC1=O)C(=O)C(N)[C@@H](C)CC. The van der Waals surface area contributed by atoms with Crippen molar-refractivity contribution < 1.29 is 81.5 Å². The van der Waals surface area contributed by atoms with E-state index in [0.29, 0.717) is 12.7 Å². The zero-order valence-corrected chi connectivity index (χ0v) is 62.8. The molecule has 0 aliphatic carbocycles. The van der Waals surface area contributed by atoms with Crippen LogP contribution in [0, 0.1) is 17.8 Å². The van der Waals surface area contributed by atoms with E-state index in [1.807, 2.05) is 0 Å². The molecular formula is C68H118N20O17. The van der Waals surface area contributed by atoms with Crippen LogP contribution in [0.15, 0.2) is 24.8 Å². The number of Topliss-reactive ketones (excluding diaryl/α,β-unsaturated/α-hetero) is 5. The molecule has 1 aliphatic rings. The number of hydrogen-bond donors (Lipinski definition) is 20. The van der Waals surface area contributed by atoms with E-state index >= 15 is 19.2 Å². The Morgan fingerprint density at radius 3 is 1.70 bits per heavy atom. The molecule has 1 rings (SSSR count). The van der Waals surface area contributed by atoms with Crippen LogP contribution in [0.1, 0.15) is 160 Å². The number of carbonyl (C=O) groups is 17. The van der Waals surface area contributed by atoms with Crippen LogP contribution in [0.2, 0.25) is 0 Å². The van der Waals surface area contributed by atoms with Gasteiger partial charge < -0.3 is 103 Å². The van der Waals surface area contributed by atoms with Crippen molar-refractivity contribution in [3.8, 4) is 0 Å². The summed E-state index contributed by atoms with van der Waals surface area (Å²) in [4.78, 5) is 240. The molecule has 0 aromatic heterocycles. The summed E-state index contributed by atoms with van der Waals surface area (Å²) in [5, 5.41) is 34.6. The number of aldehydes is 1. The molecule has 0 saturated carbocycles. The van der Waals surface area contributed by atoms with E-state index < -0.39 is 221 Å². The van der Waals surface area contributed by atoms with Crippen LogP contribution in [-0.4, -0.2) is 223 Å². The Morgan fingerprint density at radius 1 is 0.676 bits per heavy atom. The zero-order chi connectivity index (χ0) is 80.4. The Morgan fingerprint density at radius 2 is 1.21 bits per heavy atom. The first-order chi connectivity index (χ1) is 49.0. The number of likely N-dealkylation sites (N-methyl/N-ethyl adjacent to an activating group) is 2. The van der Waals surface area contributed by atoms with Crippen LogP contribution in [0.4, 0.5) is 0 Å². The van der Waals surface area contributed by atoms with Crippen LogP contribution in [0.25, 0.3) is 0 Å². The summed E-state index contributed by atoms with van der Waals surface area (Å²) in [6.07, 6.45) is 0.596. The lowest BCUT2D eigenvalue weighted by atomic mass is 9.90. The van der Waals surface area contributed by atoms with Gasteiger partial charge in [0.2, 0.25) is 41.4 Å². The average Bonchev–Trinajstić information content (AvgIpc) is 0.958. The Bertz CT molecular complexity index is 3100. The van der Waals surface area contributed by atoms with E-state index in [1.165, 1.54) is 41.8 Å². The fourth-order valence-electron chi connectivity index (χ4n) is 10.6. The van der Waals surface area contributed by atoms with Gasteiger partial charge in [-0.3, -0.25) is 87.3 Å². The summed E-state index contributed by atoms with van der Waals surface area (Å²) >= 11 is 0. The normalized spacial score (nSPS) is 22.4. The van der Waals surface area contributed by atoms with E-state index in [0.717, 1.165) is 13.0 Å². The summed E-state index contributed by atoms with van der Waals surface area (Å²) in [5.41, 5.74) is 31.9. The first kappa shape index (κ1) is 94.3. The largest absolute Gasteiger partial charge is 0.368 e. The highest BCUT2D eigenvalue weighted by Crippen LogP contribution is 2.21. The first-order valence-electron chi connectivity index (χ1n) is 35.4. The van der Waals surface area contributed by atoms with Crippen LogP contribution in [0.3, 0.4) is 0 Å². The molecule has 592 valence electrons. The molecule has 0 bridgehead atoms. The van der Waals surface area contributed by atoms with Crippen LogP contribution >= 0.6 is 0 Å². The molecule has 37 heteroatoms. The van der Waals surface area contributed by atoms with Gasteiger partial charge in [0, 0.05) is 26.3 Å². The van der Waals surface area contributed by atoms with Crippen molar-refractivity contribution in [1.82, 2.24) is 74.4 Å². The Labute approximate surface area is 613 Å². The molecule has 0 spiro atoms. The molecule has 1 heterocycles. The summed E-state index contributed by atoms with van der Waals surface area (Å²) in [6.45, 7) is 19.1. The van der Waals surface area contributed by atoms with Crippen LogP contribution in [0.5, 0.6) is 0 Å². The van der Waals surface area contributed by atoms with Gasteiger partial charge in [-0.05, 0) is 130 Å². The molecule has 0 radical (unpaired) electrons. The minimum absolute atomic E-state index is 0.0181. The second-order valence-electron chi connectivity index (χ2n) is 27.5. The molecule has 8 unspecified atom stereocenters. The molecule has 105 heavy (non-hydrogen) atoms. The smallest absolute Gasteiger partial charge is 0.258 e. The summed E-state index contributed by atoms with van der Waals surface area (Å²) in [5.74, 6) is -19.5. The number of ketones is 5. The number of amides is 11. The predicted octanol–water partition coefficient (Wildman–Crippen LogP) is -6.51. The van der Waals surface area contributed by atoms with E-state index in [4.69, 9.17) is 34.4 Å². The number of allylic oxidation sites excluding steroid dienone is 2. The van der Waals surface area contributed by atoms with Crippen molar-refractivity contribution in [2.45, 2.75) is 256 Å². The maximum absolute atomic E-state index is 15.4. The molecule has 0 fully saturated rings. The topological polar surface area (TPSA) is 615 Å². The van der Waals surface area contributed by atoms with Gasteiger partial charge in [-0.1, -0.05) is 73.1 Å². The minimum atomic E-state index is -2.40. The molecule has 0 aromatic carbocycles. The highest BCUT2D eigenvalue weighted by Gasteiger charge is 2.45. The summed E-state index contributed by atoms with van der Waals surface area (Å²) < 4.78 is 0. The van der Waals surface area contributed by atoms with Crippen molar-refractivity contribution in [1.29, 1.82) is 0 Å². The fourth-order valence-corrected chi connectivity index (χ4v) is 10.6. The van der Waals surface area contributed by atoms with Crippen molar-refractivity contribution in [2.24, 2.45) is 52.2 Å². The second-order valence-corrected chi connectivity index (χ2v) is 27.5.